The molecule has 0 radical (unpaired) electrons. The zero-order chi connectivity index (χ0) is 34.9. The summed E-state index contributed by atoms with van der Waals surface area (Å²) in [6.07, 6.45) is 42.2. The van der Waals surface area contributed by atoms with Gasteiger partial charge in [-0.25, -0.2) is 0 Å². The average molecular weight is 726 g/mol. The Hall–Kier alpha value is -1.10. The molecule has 1 unspecified atom stereocenters. The van der Waals surface area contributed by atoms with E-state index >= 15 is 0 Å². The molecule has 0 heterocycles. The Morgan fingerprint density at radius 3 is 1.17 bits per heavy atom. The quantitative estimate of drug-likeness (QED) is 0.0287. The van der Waals surface area contributed by atoms with Crippen molar-refractivity contribution in [3.63, 3.8) is 0 Å². The minimum absolute atomic E-state index is 0.0628. The van der Waals surface area contributed by atoms with Crippen LogP contribution in [0, 0.1) is 0 Å². The number of hydrogen-bond donors (Lipinski definition) is 0. The molecule has 0 saturated carbocycles. The molecule has 0 saturated heterocycles. The number of hydrogen-bond acceptors (Lipinski definition) is 4. The Morgan fingerprint density at radius 2 is 0.809 bits per heavy atom. The normalized spacial score (nSPS) is 13.4. The lowest BCUT2D eigenvalue weighted by Crippen LogP contribution is -2.51. The maximum atomic E-state index is 12.7. The van der Waals surface area contributed by atoms with Gasteiger partial charge in [-0.05, 0) is 85.0 Å². The van der Waals surface area contributed by atoms with E-state index in [1.807, 2.05) is 20.8 Å². The van der Waals surface area contributed by atoms with Crippen LogP contribution in [0.1, 0.15) is 214 Å². The van der Waals surface area contributed by atoms with Crippen molar-refractivity contribution < 1.29 is 19.1 Å². The molecule has 4 nitrogen and oxygen atoms in total. The van der Waals surface area contributed by atoms with Gasteiger partial charge in [0, 0.05) is 12.8 Å². The van der Waals surface area contributed by atoms with E-state index < -0.39 is 9.93 Å². The topological polar surface area (TPSA) is 52.6 Å². The van der Waals surface area contributed by atoms with Gasteiger partial charge < -0.3 is 9.47 Å². The minimum Gasteiger partial charge on any atom is -0.461 e. The van der Waals surface area contributed by atoms with Gasteiger partial charge in [-0.1, -0.05) is 157 Å². The molecule has 0 N–H and O–H groups in total. The van der Waals surface area contributed by atoms with E-state index in [2.05, 4.69) is 54.1 Å². The maximum absolute atomic E-state index is 12.7. The third-order valence-electron chi connectivity index (χ3n) is 9.39. The van der Waals surface area contributed by atoms with Gasteiger partial charge in [0.15, 0.2) is 5.60 Å². The number of carbonyl (C=O) groups excluding carboxylic acids is 2. The van der Waals surface area contributed by atoms with Crippen molar-refractivity contribution in [2.75, 3.05) is 6.61 Å². The second-order valence-electron chi connectivity index (χ2n) is 14.5. The lowest BCUT2D eigenvalue weighted by molar-refractivity contribution is -0.174. The monoisotopic (exact) mass is 725 g/mol. The highest BCUT2D eigenvalue weighted by molar-refractivity contribution is 9.10. The highest BCUT2D eigenvalue weighted by Crippen LogP contribution is 2.35. The first-order chi connectivity index (χ1) is 22.7. The van der Waals surface area contributed by atoms with Crippen LogP contribution in [0.5, 0.6) is 0 Å². The van der Waals surface area contributed by atoms with Crippen molar-refractivity contribution in [1.29, 1.82) is 0 Å². The number of halogens is 1. The average Bonchev–Trinajstić information content (AvgIpc) is 3.03. The van der Waals surface area contributed by atoms with Gasteiger partial charge in [0.1, 0.15) is 6.61 Å². The predicted molar refractivity (Wildman–Crippen MR) is 207 cm³/mol. The molecule has 0 spiro atoms. The number of allylic oxidation sites excluding steroid dienone is 4. The van der Waals surface area contributed by atoms with Crippen molar-refractivity contribution in [1.82, 2.24) is 0 Å². The van der Waals surface area contributed by atoms with E-state index in [0.717, 1.165) is 51.4 Å². The number of alkyl halides is 1. The fourth-order valence-electron chi connectivity index (χ4n) is 5.60. The van der Waals surface area contributed by atoms with Crippen molar-refractivity contribution in [3.8, 4) is 0 Å². The van der Waals surface area contributed by atoms with E-state index in [4.69, 9.17) is 9.47 Å². The smallest absolute Gasteiger partial charge is 0.306 e. The van der Waals surface area contributed by atoms with Crippen LogP contribution in [0.25, 0.3) is 0 Å². The molecule has 0 bridgehead atoms. The molecule has 0 aliphatic heterocycles. The molecule has 0 aromatic carbocycles. The van der Waals surface area contributed by atoms with Gasteiger partial charge in [-0.2, -0.15) is 0 Å². The van der Waals surface area contributed by atoms with Crippen LogP contribution in [0.3, 0.4) is 0 Å². The molecule has 276 valence electrons. The number of esters is 2. The predicted octanol–water partition coefficient (Wildman–Crippen LogP) is 14.1. The van der Waals surface area contributed by atoms with Crippen LogP contribution in [0.4, 0.5) is 0 Å². The number of ether oxygens (including phenoxy) is 2. The maximum Gasteiger partial charge on any atom is 0.306 e. The van der Waals surface area contributed by atoms with Crippen molar-refractivity contribution in [2.45, 2.75) is 224 Å². The Kier molecular flexibility index (Phi) is 31.4. The zero-order valence-electron chi connectivity index (χ0n) is 31.8. The summed E-state index contributed by atoms with van der Waals surface area (Å²) in [5.74, 6) is -0.426. The molecule has 5 heteroatoms. The Labute approximate surface area is 301 Å². The Morgan fingerprint density at radius 1 is 0.489 bits per heavy atom. The number of unbranched alkanes of at least 4 members (excludes halogenated alkanes) is 22. The molecular formula is C42H77BrO4. The molecule has 0 fully saturated rings. The van der Waals surface area contributed by atoms with E-state index in [1.165, 1.54) is 116 Å². The van der Waals surface area contributed by atoms with Gasteiger partial charge >= 0.3 is 11.9 Å². The third-order valence-corrected chi connectivity index (χ3v) is 10.2. The summed E-state index contributed by atoms with van der Waals surface area (Å²) in [7, 11) is 0. The first-order valence-corrected chi connectivity index (χ1v) is 20.8. The van der Waals surface area contributed by atoms with E-state index in [9.17, 15) is 9.59 Å². The van der Waals surface area contributed by atoms with Gasteiger partial charge in [-0.3, -0.25) is 9.59 Å². The van der Waals surface area contributed by atoms with E-state index in [0.29, 0.717) is 12.8 Å². The fourth-order valence-corrected chi connectivity index (χ4v) is 5.79. The highest BCUT2D eigenvalue weighted by Gasteiger charge is 2.44. The molecule has 0 amide bonds. The summed E-state index contributed by atoms with van der Waals surface area (Å²) in [4.78, 5) is 25.2. The molecule has 0 aliphatic rings. The van der Waals surface area contributed by atoms with Crippen LogP contribution >= 0.6 is 15.9 Å². The summed E-state index contributed by atoms with van der Waals surface area (Å²) in [5, 5.41) is 0. The van der Waals surface area contributed by atoms with Gasteiger partial charge in [-0.15, -0.1) is 0 Å². The van der Waals surface area contributed by atoms with E-state index in [1.54, 1.807) is 0 Å². The second kappa shape index (κ2) is 32.1. The first-order valence-electron chi connectivity index (χ1n) is 20.0. The van der Waals surface area contributed by atoms with Gasteiger partial charge in [0.25, 0.3) is 0 Å². The second-order valence-corrected chi connectivity index (χ2v) is 16.5. The molecule has 0 rings (SSSR count). The summed E-state index contributed by atoms with van der Waals surface area (Å²) >= 11 is 3.67. The van der Waals surface area contributed by atoms with Crippen LogP contribution in [0.2, 0.25) is 0 Å². The summed E-state index contributed by atoms with van der Waals surface area (Å²) in [5.41, 5.74) is -0.926. The lowest BCUT2D eigenvalue weighted by atomic mass is 9.92. The Balaban J connectivity index is 3.95. The summed E-state index contributed by atoms with van der Waals surface area (Å²) < 4.78 is 11.0. The largest absolute Gasteiger partial charge is 0.461 e. The first kappa shape index (κ1) is 45.9. The standard InChI is InChI=1S/C42H77BrO4/c1-6-8-10-12-14-16-18-20-22-24-26-28-30-32-34-36-39(44)46-38-42(5,41(3,4)43)47-40(45)37-35-33-31-29-27-25-23-21-19-17-15-13-11-9-7-2/h20-23H,6-19,24-38H2,1-5H3/b22-20-,23-21-. The van der Waals surface area contributed by atoms with Crippen LogP contribution in [0.15, 0.2) is 24.3 Å². The molecule has 47 heavy (non-hydrogen) atoms. The molecule has 0 aromatic rings. The Bertz CT molecular complexity index is 784. The molecule has 0 aromatic heterocycles. The highest BCUT2D eigenvalue weighted by atomic mass is 79.9. The van der Waals surface area contributed by atoms with Crippen molar-refractivity contribution in [2.24, 2.45) is 0 Å². The fraction of sp³-hybridized carbons (Fsp3) is 0.857. The van der Waals surface area contributed by atoms with Crippen molar-refractivity contribution in [3.05, 3.63) is 24.3 Å². The van der Waals surface area contributed by atoms with E-state index in [-0.39, 0.29) is 18.5 Å². The molecular weight excluding hydrogens is 648 g/mol. The van der Waals surface area contributed by atoms with Crippen LogP contribution < -0.4 is 0 Å². The SMILES string of the molecule is CCCCCCCC/C=C\CCCCCCCC(=O)OCC(C)(OC(=O)CCCCCCC/C=C\CCCCCCCC)C(C)(C)Br. The van der Waals surface area contributed by atoms with Gasteiger partial charge in [0.05, 0.1) is 4.32 Å². The number of carbonyl (C=O) groups is 2. The van der Waals surface area contributed by atoms with Gasteiger partial charge in [0.2, 0.25) is 0 Å². The van der Waals surface area contributed by atoms with Crippen LogP contribution in [-0.2, 0) is 19.1 Å². The van der Waals surface area contributed by atoms with Crippen LogP contribution in [-0.4, -0.2) is 28.5 Å². The van der Waals surface area contributed by atoms with Crippen molar-refractivity contribution >= 4 is 27.9 Å². The third kappa shape index (κ3) is 29.5. The minimum atomic E-state index is -0.926. The zero-order valence-corrected chi connectivity index (χ0v) is 33.4. The molecule has 1 atom stereocenters. The lowest BCUT2D eigenvalue weighted by Gasteiger charge is -2.39. The molecule has 0 aliphatic carbocycles. The summed E-state index contributed by atoms with van der Waals surface area (Å²) in [6, 6.07) is 0. The number of rotatable bonds is 34. The summed E-state index contributed by atoms with van der Waals surface area (Å²) in [6.45, 7) is 10.4.